The summed E-state index contributed by atoms with van der Waals surface area (Å²) in [5.74, 6) is -0.926. The Bertz CT molecular complexity index is 1150. The minimum absolute atomic E-state index is 0.269. The lowest BCUT2D eigenvalue weighted by Gasteiger charge is -2.33. The van der Waals surface area contributed by atoms with Crippen LogP contribution in [0.5, 0.6) is 0 Å². The van der Waals surface area contributed by atoms with Crippen LogP contribution in [0.2, 0.25) is 0 Å². The quantitative estimate of drug-likeness (QED) is 0.438. The van der Waals surface area contributed by atoms with Crippen LogP contribution < -0.4 is 10.6 Å². The molecule has 7 nitrogen and oxygen atoms in total. The number of aryl methyl sites for hydroxylation is 1. The van der Waals surface area contributed by atoms with Crippen LogP contribution >= 0.6 is 11.8 Å². The van der Waals surface area contributed by atoms with Crippen LogP contribution in [0.15, 0.2) is 66.2 Å². The monoisotopic (exact) mass is 523 g/mol. The van der Waals surface area contributed by atoms with Crippen molar-refractivity contribution in [2.45, 2.75) is 70.5 Å². The number of rotatable bonds is 9. The summed E-state index contributed by atoms with van der Waals surface area (Å²) in [7, 11) is 0. The second-order valence-electron chi connectivity index (χ2n) is 9.92. The molecule has 0 radical (unpaired) electrons. The van der Waals surface area contributed by atoms with Crippen LogP contribution in [0.3, 0.4) is 0 Å². The molecule has 3 N–H and O–H groups in total. The van der Waals surface area contributed by atoms with E-state index in [1.165, 1.54) is 16.7 Å². The van der Waals surface area contributed by atoms with Gasteiger partial charge in [0.15, 0.2) is 6.10 Å². The first-order valence-corrected chi connectivity index (χ1v) is 13.5. The number of aliphatic hydroxyl groups is 1. The Morgan fingerprint density at radius 2 is 1.78 bits per heavy atom. The third-order valence-corrected chi connectivity index (χ3v) is 8.21. The number of nitrogens with one attached hydrogen (secondary N) is 2. The summed E-state index contributed by atoms with van der Waals surface area (Å²) < 4.78 is -0.551. The van der Waals surface area contributed by atoms with E-state index < -0.39 is 28.8 Å². The normalized spacial score (nSPS) is 18.7. The summed E-state index contributed by atoms with van der Waals surface area (Å²) in [4.78, 5) is 41.1. The Kier molecular flexibility index (Phi) is 9.56. The molecule has 3 rings (SSSR count). The highest BCUT2D eigenvalue weighted by atomic mass is 32.2. The number of hydrogen-bond donors (Lipinski definition) is 3. The minimum atomic E-state index is -1.52. The van der Waals surface area contributed by atoms with E-state index in [1.54, 1.807) is 19.9 Å². The molecule has 1 fully saturated rings. The highest BCUT2D eigenvalue weighted by Crippen LogP contribution is 2.40. The number of nitrogens with zero attached hydrogens (tertiary/aromatic N) is 1. The standard InChI is InChI=1S/C29H37N3O4S/c1-6-19(2)26(34)31-23(16-21-13-8-7-9-14-21)24(33)28(36)32-18-37-29(4,5)25(32)27(35)30-17-22-15-11-10-12-20(22)3/h6-15,23-25,33H,16-18H2,1-5H3,(H,30,35)(H,31,34)/b19-6+. The molecule has 0 aliphatic carbocycles. The molecule has 0 bridgehead atoms. The summed E-state index contributed by atoms with van der Waals surface area (Å²) in [6, 6.07) is 15.6. The maximum absolute atomic E-state index is 13.6. The molecule has 2 aromatic carbocycles. The van der Waals surface area contributed by atoms with Gasteiger partial charge in [0.25, 0.3) is 5.91 Å². The van der Waals surface area contributed by atoms with Gasteiger partial charge in [0.1, 0.15) is 6.04 Å². The van der Waals surface area contributed by atoms with Crippen molar-refractivity contribution in [1.29, 1.82) is 0 Å². The first-order chi connectivity index (χ1) is 17.5. The molecule has 0 spiro atoms. The lowest BCUT2D eigenvalue weighted by atomic mass is 9.97. The molecular formula is C29H37N3O4S. The van der Waals surface area contributed by atoms with Crippen molar-refractivity contribution in [2.75, 3.05) is 5.88 Å². The molecular weight excluding hydrogens is 486 g/mol. The zero-order chi connectivity index (χ0) is 27.2. The van der Waals surface area contributed by atoms with Gasteiger partial charge in [-0.05, 0) is 57.7 Å². The van der Waals surface area contributed by atoms with Gasteiger partial charge in [0.05, 0.1) is 11.9 Å². The van der Waals surface area contributed by atoms with Crippen LogP contribution in [0.1, 0.15) is 44.4 Å². The van der Waals surface area contributed by atoms with Gasteiger partial charge in [-0.3, -0.25) is 14.4 Å². The number of carbonyl (C=O) groups is 3. The summed E-state index contributed by atoms with van der Waals surface area (Å²) in [5, 5.41) is 17.1. The predicted molar refractivity (Wildman–Crippen MR) is 148 cm³/mol. The van der Waals surface area contributed by atoms with Crippen LogP contribution in [-0.4, -0.2) is 56.5 Å². The van der Waals surface area contributed by atoms with Crippen LogP contribution in [0, 0.1) is 6.92 Å². The Balaban J connectivity index is 1.80. The number of benzene rings is 2. The molecule has 3 atom stereocenters. The lowest BCUT2D eigenvalue weighted by molar-refractivity contribution is -0.147. The van der Waals surface area contributed by atoms with Crippen molar-refractivity contribution >= 4 is 29.5 Å². The molecule has 3 amide bonds. The van der Waals surface area contributed by atoms with Gasteiger partial charge in [0.2, 0.25) is 11.8 Å². The first kappa shape index (κ1) is 28.5. The van der Waals surface area contributed by atoms with Crippen molar-refractivity contribution in [2.24, 2.45) is 0 Å². The lowest BCUT2D eigenvalue weighted by Crippen LogP contribution is -2.58. The molecule has 37 heavy (non-hydrogen) atoms. The first-order valence-electron chi connectivity index (χ1n) is 12.5. The molecule has 198 valence electrons. The fraction of sp³-hybridized carbons (Fsp3) is 0.414. The van der Waals surface area contributed by atoms with Crippen molar-refractivity contribution in [3.8, 4) is 0 Å². The summed E-state index contributed by atoms with van der Waals surface area (Å²) in [5.41, 5.74) is 3.44. The van der Waals surface area contributed by atoms with Gasteiger partial charge in [-0.25, -0.2) is 0 Å². The Morgan fingerprint density at radius 1 is 1.14 bits per heavy atom. The number of amides is 3. The van der Waals surface area contributed by atoms with Crippen molar-refractivity contribution in [1.82, 2.24) is 15.5 Å². The van der Waals surface area contributed by atoms with Gasteiger partial charge < -0.3 is 20.6 Å². The minimum Gasteiger partial charge on any atom is -0.381 e. The number of carbonyl (C=O) groups excluding carboxylic acids is 3. The van der Waals surface area contributed by atoms with Gasteiger partial charge in [-0.15, -0.1) is 11.8 Å². The largest absolute Gasteiger partial charge is 0.381 e. The van der Waals surface area contributed by atoms with Gasteiger partial charge >= 0.3 is 0 Å². The zero-order valence-corrected chi connectivity index (χ0v) is 23.0. The molecule has 0 aromatic heterocycles. The zero-order valence-electron chi connectivity index (χ0n) is 22.2. The molecule has 8 heteroatoms. The van der Waals surface area contributed by atoms with E-state index >= 15 is 0 Å². The van der Waals surface area contributed by atoms with Crippen LogP contribution in [0.4, 0.5) is 0 Å². The fourth-order valence-electron chi connectivity index (χ4n) is 4.37. The number of aliphatic hydroxyl groups excluding tert-OH is 1. The number of thioether (sulfide) groups is 1. The maximum atomic E-state index is 13.6. The third-order valence-electron chi connectivity index (χ3n) is 6.83. The number of allylic oxidation sites excluding steroid dienone is 1. The SMILES string of the molecule is C/C=C(\C)C(=O)NC(Cc1ccccc1)C(O)C(=O)N1CSC(C)(C)C1C(=O)NCc1ccccc1C. The van der Waals surface area contributed by atoms with E-state index in [-0.39, 0.29) is 24.1 Å². The van der Waals surface area contributed by atoms with Gasteiger partial charge in [0, 0.05) is 16.9 Å². The average molecular weight is 524 g/mol. The molecule has 1 saturated heterocycles. The molecule has 2 aromatic rings. The Hall–Kier alpha value is -3.10. The van der Waals surface area contributed by atoms with Crippen molar-refractivity contribution in [3.05, 3.63) is 82.9 Å². The van der Waals surface area contributed by atoms with E-state index in [4.69, 9.17) is 0 Å². The van der Waals surface area contributed by atoms with Crippen LogP contribution in [-0.2, 0) is 27.3 Å². The highest BCUT2D eigenvalue weighted by Gasteiger charge is 2.49. The Labute approximate surface area is 223 Å². The Morgan fingerprint density at radius 3 is 2.43 bits per heavy atom. The third kappa shape index (κ3) is 7.02. The topological polar surface area (TPSA) is 98.7 Å². The van der Waals surface area contributed by atoms with E-state index in [2.05, 4.69) is 10.6 Å². The smallest absolute Gasteiger partial charge is 0.254 e. The maximum Gasteiger partial charge on any atom is 0.254 e. The highest BCUT2D eigenvalue weighted by molar-refractivity contribution is 8.00. The van der Waals surface area contributed by atoms with Crippen LogP contribution in [0.25, 0.3) is 0 Å². The van der Waals surface area contributed by atoms with Gasteiger partial charge in [-0.1, -0.05) is 60.7 Å². The molecule has 1 aliphatic rings. The van der Waals surface area contributed by atoms with Crippen molar-refractivity contribution < 1.29 is 19.5 Å². The second kappa shape index (κ2) is 12.4. The van der Waals surface area contributed by atoms with E-state index in [0.29, 0.717) is 12.1 Å². The van der Waals surface area contributed by atoms with E-state index in [1.807, 2.05) is 75.4 Å². The summed E-state index contributed by atoms with van der Waals surface area (Å²) >= 11 is 1.49. The van der Waals surface area contributed by atoms with Gasteiger partial charge in [-0.2, -0.15) is 0 Å². The molecule has 1 heterocycles. The van der Waals surface area contributed by atoms with E-state index in [9.17, 15) is 19.5 Å². The molecule has 1 aliphatic heterocycles. The summed E-state index contributed by atoms with van der Waals surface area (Å²) in [6.07, 6.45) is 0.428. The second-order valence-corrected chi connectivity index (χ2v) is 11.5. The molecule has 3 unspecified atom stereocenters. The average Bonchev–Trinajstić information content (AvgIpc) is 3.21. The summed E-state index contributed by atoms with van der Waals surface area (Å²) in [6.45, 7) is 9.62. The number of hydrogen-bond acceptors (Lipinski definition) is 5. The fourth-order valence-corrected chi connectivity index (χ4v) is 5.51. The van der Waals surface area contributed by atoms with E-state index in [0.717, 1.165) is 16.7 Å². The van der Waals surface area contributed by atoms with Crippen molar-refractivity contribution in [3.63, 3.8) is 0 Å². The predicted octanol–water partition coefficient (Wildman–Crippen LogP) is 3.35. The molecule has 0 saturated carbocycles.